The fourth-order valence-corrected chi connectivity index (χ4v) is 5.59. The van der Waals surface area contributed by atoms with Gasteiger partial charge in [-0.25, -0.2) is 0 Å². The van der Waals surface area contributed by atoms with Gasteiger partial charge in [-0.1, -0.05) is 54.2 Å². The van der Waals surface area contributed by atoms with Crippen molar-refractivity contribution in [2.45, 2.75) is 52.1 Å². The van der Waals surface area contributed by atoms with Gasteiger partial charge in [0.15, 0.2) is 16.6 Å². The van der Waals surface area contributed by atoms with E-state index in [2.05, 4.69) is 0 Å². The molecule has 2 rings (SSSR count). The third kappa shape index (κ3) is 12.0. The third-order valence-corrected chi connectivity index (χ3v) is 7.53. The summed E-state index contributed by atoms with van der Waals surface area (Å²) in [7, 11) is 1.46. The predicted molar refractivity (Wildman–Crippen MR) is 161 cm³/mol. The van der Waals surface area contributed by atoms with E-state index >= 15 is 0 Å². The molecular weight excluding hydrogens is 584 g/mol. The van der Waals surface area contributed by atoms with Gasteiger partial charge in [-0.05, 0) is 11.6 Å². The van der Waals surface area contributed by atoms with E-state index < -0.39 is 36.1 Å². The van der Waals surface area contributed by atoms with Gasteiger partial charge in [0.2, 0.25) is 0 Å². The van der Waals surface area contributed by atoms with Crippen molar-refractivity contribution in [3.05, 3.63) is 59.7 Å². The first kappa shape index (κ1) is 34.4. The summed E-state index contributed by atoms with van der Waals surface area (Å²) in [5.74, 6) is -1.48. The van der Waals surface area contributed by atoms with E-state index in [0.29, 0.717) is 11.3 Å². The fraction of sp³-hybridized carbons (Fsp3) is 0.367. The largest absolute Gasteiger partial charge is 0.496 e. The summed E-state index contributed by atoms with van der Waals surface area (Å²) in [6.07, 6.45) is 1.99. The van der Waals surface area contributed by atoms with Crippen LogP contribution in [0.2, 0.25) is 0 Å². The van der Waals surface area contributed by atoms with Crippen molar-refractivity contribution >= 4 is 58.6 Å². The van der Waals surface area contributed by atoms with E-state index in [1.54, 1.807) is 6.08 Å². The molecule has 0 heterocycles. The van der Waals surface area contributed by atoms with Crippen molar-refractivity contribution in [2.24, 2.45) is 0 Å². The monoisotopic (exact) mass is 618 g/mol. The van der Waals surface area contributed by atoms with Crippen molar-refractivity contribution in [2.75, 3.05) is 18.6 Å². The average Bonchev–Trinajstić information content (AvgIpc) is 2.90. The lowest BCUT2D eigenvalue weighted by atomic mass is 10.1. The lowest BCUT2D eigenvalue weighted by molar-refractivity contribution is -0.161. The molecule has 0 N–H and O–H groups in total. The molecule has 226 valence electrons. The van der Waals surface area contributed by atoms with E-state index in [-0.39, 0.29) is 33.4 Å². The summed E-state index contributed by atoms with van der Waals surface area (Å²) < 4.78 is 26.9. The second-order valence-electron chi connectivity index (χ2n) is 8.85. The van der Waals surface area contributed by atoms with Crippen molar-refractivity contribution in [1.82, 2.24) is 0 Å². The highest BCUT2D eigenvalue weighted by Crippen LogP contribution is 2.38. The molecule has 2 aromatic carbocycles. The molecule has 0 aliphatic heterocycles. The molecule has 0 spiro atoms. The van der Waals surface area contributed by atoms with Gasteiger partial charge in [0.1, 0.15) is 18.0 Å². The lowest BCUT2D eigenvalue weighted by Crippen LogP contribution is -2.38. The highest BCUT2D eigenvalue weighted by molar-refractivity contribution is 8.13. The SMILES string of the molecule is COc1cc(OC(C)=O)c(OC(C)=O)cc1/C=C/C(SCC(OC(C)=O)C(CSC(C)=O)OC(C)=O)c1ccccc1. The molecule has 0 radical (unpaired) electrons. The second-order valence-corrected chi connectivity index (χ2v) is 11.2. The van der Waals surface area contributed by atoms with Crippen LogP contribution in [-0.4, -0.2) is 59.8 Å². The number of hydrogen-bond acceptors (Lipinski definition) is 12. The number of hydrogen-bond donors (Lipinski definition) is 0. The number of carbonyl (C=O) groups excluding carboxylic acids is 5. The van der Waals surface area contributed by atoms with Crippen molar-refractivity contribution in [1.29, 1.82) is 0 Å². The zero-order chi connectivity index (χ0) is 31.2. The summed E-state index contributed by atoms with van der Waals surface area (Å²) >= 11 is 2.41. The smallest absolute Gasteiger partial charge is 0.308 e. The van der Waals surface area contributed by atoms with Crippen LogP contribution in [0.15, 0.2) is 48.5 Å². The normalized spacial score (nSPS) is 13.0. The van der Waals surface area contributed by atoms with Gasteiger partial charge in [0.05, 0.1) is 7.11 Å². The Kier molecular flexibility index (Phi) is 14.1. The second kappa shape index (κ2) is 17.2. The molecule has 0 saturated carbocycles. The van der Waals surface area contributed by atoms with Crippen LogP contribution in [0.5, 0.6) is 17.2 Å². The topological polar surface area (TPSA) is 132 Å². The first-order chi connectivity index (χ1) is 19.9. The zero-order valence-electron chi connectivity index (χ0n) is 24.2. The Bertz CT molecular complexity index is 1290. The first-order valence-electron chi connectivity index (χ1n) is 12.8. The Morgan fingerprint density at radius 1 is 0.738 bits per heavy atom. The van der Waals surface area contributed by atoms with Crippen molar-refractivity contribution < 1.29 is 47.7 Å². The molecule has 2 aromatic rings. The average molecular weight is 619 g/mol. The maximum atomic E-state index is 11.9. The van der Waals surface area contributed by atoms with Crippen LogP contribution in [0.25, 0.3) is 6.08 Å². The highest BCUT2D eigenvalue weighted by atomic mass is 32.2. The van der Waals surface area contributed by atoms with Gasteiger partial charge in [-0.15, -0.1) is 11.8 Å². The third-order valence-electron chi connectivity index (χ3n) is 5.32. The molecule has 12 heteroatoms. The quantitative estimate of drug-likeness (QED) is 0.204. The summed E-state index contributed by atoms with van der Waals surface area (Å²) in [5, 5.41) is -0.439. The molecule has 0 aromatic heterocycles. The minimum absolute atomic E-state index is 0.0323. The summed E-state index contributed by atoms with van der Waals surface area (Å²) in [5.41, 5.74) is 1.47. The van der Waals surface area contributed by atoms with Gasteiger partial charge in [0, 0.05) is 63.0 Å². The van der Waals surface area contributed by atoms with Crippen LogP contribution >= 0.6 is 23.5 Å². The Balaban J connectivity index is 2.45. The van der Waals surface area contributed by atoms with Crippen LogP contribution in [0.1, 0.15) is 51.0 Å². The van der Waals surface area contributed by atoms with Gasteiger partial charge in [-0.2, -0.15) is 0 Å². The molecular formula is C30H34O10S2. The van der Waals surface area contributed by atoms with Crippen LogP contribution < -0.4 is 14.2 Å². The first-order valence-corrected chi connectivity index (χ1v) is 14.8. The van der Waals surface area contributed by atoms with Crippen LogP contribution in [0.3, 0.4) is 0 Å². The minimum Gasteiger partial charge on any atom is -0.496 e. The highest BCUT2D eigenvalue weighted by Gasteiger charge is 2.29. The summed E-state index contributed by atoms with van der Waals surface area (Å²) in [6.45, 7) is 6.39. The van der Waals surface area contributed by atoms with E-state index in [4.69, 9.17) is 23.7 Å². The molecule has 0 bridgehead atoms. The molecule has 0 aliphatic carbocycles. The van der Waals surface area contributed by atoms with Crippen LogP contribution in [0, 0.1) is 0 Å². The minimum atomic E-state index is -0.839. The van der Waals surface area contributed by atoms with Crippen molar-refractivity contribution in [3.8, 4) is 17.2 Å². The summed E-state index contributed by atoms with van der Waals surface area (Å²) in [4.78, 5) is 58.6. The molecule has 0 fully saturated rings. The fourth-order valence-electron chi connectivity index (χ4n) is 3.69. The van der Waals surface area contributed by atoms with Crippen LogP contribution in [-0.2, 0) is 33.4 Å². The molecule has 42 heavy (non-hydrogen) atoms. The maximum absolute atomic E-state index is 11.9. The Hall–Kier alpha value is -3.77. The van der Waals surface area contributed by atoms with E-state index in [0.717, 1.165) is 17.3 Å². The standard InChI is InChI=1S/C30H34O10S2/c1-18(31)37-26-14-24(25(36-6)15-27(26)38-19(2)32)12-13-30(23-10-8-7-9-11-23)42-17-29(40-21(4)34)28(39-20(3)33)16-41-22(5)35/h7-15,28-30H,16-17H2,1-6H3/b13-12+. The molecule has 0 aliphatic rings. The van der Waals surface area contributed by atoms with Crippen molar-refractivity contribution in [3.63, 3.8) is 0 Å². The number of thioether (sulfide) groups is 2. The molecule has 0 saturated heterocycles. The van der Waals surface area contributed by atoms with Crippen LogP contribution in [0.4, 0.5) is 0 Å². The Morgan fingerprint density at radius 2 is 1.29 bits per heavy atom. The van der Waals surface area contributed by atoms with Gasteiger partial charge in [0.25, 0.3) is 0 Å². The molecule has 3 unspecified atom stereocenters. The molecule has 10 nitrogen and oxygen atoms in total. The van der Waals surface area contributed by atoms with E-state index in [1.165, 1.54) is 65.6 Å². The van der Waals surface area contributed by atoms with Gasteiger partial charge in [-0.3, -0.25) is 24.0 Å². The number of carbonyl (C=O) groups is 5. The zero-order valence-corrected chi connectivity index (χ0v) is 25.9. The number of esters is 4. The number of ether oxygens (including phenoxy) is 5. The molecule has 0 amide bonds. The van der Waals surface area contributed by atoms with Gasteiger partial charge >= 0.3 is 23.9 Å². The predicted octanol–water partition coefficient (Wildman–Crippen LogP) is 5.18. The maximum Gasteiger partial charge on any atom is 0.308 e. The number of benzene rings is 2. The molecule has 3 atom stereocenters. The summed E-state index contributed by atoms with van der Waals surface area (Å²) in [6, 6.07) is 12.5. The van der Waals surface area contributed by atoms with Gasteiger partial charge < -0.3 is 23.7 Å². The Morgan fingerprint density at radius 3 is 1.79 bits per heavy atom. The lowest BCUT2D eigenvalue weighted by Gasteiger charge is -2.27. The number of rotatable bonds is 14. The van der Waals surface area contributed by atoms with E-state index in [9.17, 15) is 24.0 Å². The Labute approximate surface area is 253 Å². The van der Waals surface area contributed by atoms with E-state index in [1.807, 2.05) is 36.4 Å². The number of methoxy groups -OCH3 is 1.